The molecule has 1 aliphatic heterocycles. The van der Waals surface area contributed by atoms with Gasteiger partial charge in [-0.1, -0.05) is 12.1 Å². The molecule has 5 fully saturated rings. The highest BCUT2D eigenvalue weighted by molar-refractivity contribution is 8.18. The van der Waals surface area contributed by atoms with E-state index >= 15 is 0 Å². The lowest BCUT2D eigenvalue weighted by Gasteiger charge is -2.57. The lowest BCUT2D eigenvalue weighted by Crippen LogP contribution is -2.48. The summed E-state index contributed by atoms with van der Waals surface area (Å²) in [4.78, 5) is 40.0. The van der Waals surface area contributed by atoms with Gasteiger partial charge in [0.05, 0.1) is 11.5 Å². The summed E-state index contributed by atoms with van der Waals surface area (Å²) in [7, 11) is 0. The van der Waals surface area contributed by atoms with Gasteiger partial charge in [-0.25, -0.2) is 0 Å². The zero-order valence-corrected chi connectivity index (χ0v) is 26.4. The number of imide groups is 1. The molecule has 4 saturated carbocycles. The van der Waals surface area contributed by atoms with Crippen LogP contribution in [0.2, 0.25) is 0 Å². The molecule has 3 aromatic rings. The van der Waals surface area contributed by atoms with Crippen LogP contribution < -0.4 is 10.1 Å². The minimum atomic E-state index is -0.452. The Hall–Kier alpha value is -3.78. The Bertz CT molecular complexity index is 1620. The Morgan fingerprint density at radius 2 is 1.61 bits per heavy atom. The molecule has 0 spiro atoms. The zero-order chi connectivity index (χ0) is 30.6. The van der Waals surface area contributed by atoms with Crippen LogP contribution in [-0.4, -0.2) is 39.7 Å². The van der Waals surface area contributed by atoms with Crippen LogP contribution in [0.4, 0.5) is 10.5 Å². The standard InChI is InChI=1S/C36H39N3O4S/c1-4-43-31-11-7-29(8-12-31)37-33(40)21-38-34(41)32(44-35(38)42)17-27-13-22(2)39(23(27)3)30-9-5-28(6-10-30)36-18-24-14-25(19-36)16-26(15-24)20-36/h5-13,17,24-26H,4,14-16,18-21H2,1-3H3,(H,37,40)/b32-17+. The smallest absolute Gasteiger partial charge is 0.294 e. The number of nitrogens with zero attached hydrogens (tertiary/aromatic N) is 2. The van der Waals surface area contributed by atoms with E-state index in [4.69, 9.17) is 4.74 Å². The highest BCUT2D eigenvalue weighted by atomic mass is 32.2. The van der Waals surface area contributed by atoms with Gasteiger partial charge >= 0.3 is 0 Å². The van der Waals surface area contributed by atoms with Gasteiger partial charge in [0.1, 0.15) is 12.3 Å². The van der Waals surface area contributed by atoms with E-state index in [1.54, 1.807) is 30.3 Å². The number of rotatable bonds is 8. The third-order valence-corrected chi connectivity index (χ3v) is 11.1. The number of carbonyl (C=O) groups excluding carboxylic acids is 3. The monoisotopic (exact) mass is 609 g/mol. The number of hydrogen-bond acceptors (Lipinski definition) is 5. The molecular weight excluding hydrogens is 570 g/mol. The molecule has 5 aliphatic rings. The molecular formula is C36H39N3O4S. The van der Waals surface area contributed by atoms with E-state index in [0.717, 1.165) is 57.1 Å². The molecule has 0 radical (unpaired) electrons. The second kappa shape index (κ2) is 11.3. The van der Waals surface area contributed by atoms with Crippen molar-refractivity contribution in [2.75, 3.05) is 18.5 Å². The molecule has 1 aromatic heterocycles. The summed E-state index contributed by atoms with van der Waals surface area (Å²) < 4.78 is 7.64. The second-order valence-corrected chi connectivity index (χ2v) is 14.2. The Morgan fingerprint density at radius 1 is 0.977 bits per heavy atom. The lowest BCUT2D eigenvalue weighted by molar-refractivity contribution is -0.127. The Balaban J connectivity index is 1.05. The number of ether oxygens (including phenoxy) is 1. The van der Waals surface area contributed by atoms with Crippen molar-refractivity contribution in [3.05, 3.63) is 82.0 Å². The summed E-state index contributed by atoms with van der Waals surface area (Å²) in [5, 5.41) is 2.30. The van der Waals surface area contributed by atoms with Crippen molar-refractivity contribution in [2.45, 2.75) is 64.7 Å². The predicted molar refractivity (Wildman–Crippen MR) is 174 cm³/mol. The van der Waals surface area contributed by atoms with Crippen molar-refractivity contribution in [1.29, 1.82) is 0 Å². The normalized spacial score (nSPS) is 26.6. The van der Waals surface area contributed by atoms with Gasteiger partial charge in [-0.15, -0.1) is 0 Å². The average Bonchev–Trinajstić information content (AvgIpc) is 3.41. The number of hydrogen-bond donors (Lipinski definition) is 1. The van der Waals surface area contributed by atoms with Gasteiger partial charge in [-0.3, -0.25) is 19.3 Å². The van der Waals surface area contributed by atoms with Crippen molar-refractivity contribution in [2.24, 2.45) is 17.8 Å². The molecule has 2 heterocycles. The molecule has 8 rings (SSSR count). The fourth-order valence-corrected chi connectivity index (χ4v) is 9.51. The number of anilines is 1. The van der Waals surface area contributed by atoms with Crippen LogP contribution in [-0.2, 0) is 15.0 Å². The molecule has 4 bridgehead atoms. The predicted octanol–water partition coefficient (Wildman–Crippen LogP) is 7.64. The van der Waals surface area contributed by atoms with E-state index in [1.165, 1.54) is 44.1 Å². The van der Waals surface area contributed by atoms with Gasteiger partial charge in [0.15, 0.2) is 0 Å². The molecule has 4 aliphatic carbocycles. The highest BCUT2D eigenvalue weighted by Crippen LogP contribution is 2.60. The Labute approximate surface area is 263 Å². The molecule has 228 valence electrons. The topological polar surface area (TPSA) is 80.6 Å². The van der Waals surface area contributed by atoms with Crippen LogP contribution in [0.3, 0.4) is 0 Å². The molecule has 1 N–H and O–H groups in total. The maximum absolute atomic E-state index is 13.2. The van der Waals surface area contributed by atoms with Gasteiger partial charge in [0.2, 0.25) is 5.91 Å². The van der Waals surface area contributed by atoms with Gasteiger partial charge in [-0.05, 0) is 154 Å². The molecule has 8 heteroatoms. The lowest BCUT2D eigenvalue weighted by atomic mass is 9.48. The third kappa shape index (κ3) is 5.27. The second-order valence-electron chi connectivity index (χ2n) is 13.2. The SMILES string of the molecule is CCOc1ccc(NC(=O)CN2C(=O)S/C(=C/c3cc(C)n(-c4ccc(C56CC7CC(CC(C7)C5)C6)cc4)c3C)C2=O)cc1. The van der Waals surface area contributed by atoms with Gasteiger partial charge in [0, 0.05) is 22.8 Å². The maximum Gasteiger partial charge on any atom is 0.294 e. The van der Waals surface area contributed by atoms with Gasteiger partial charge in [-0.2, -0.15) is 0 Å². The largest absolute Gasteiger partial charge is 0.494 e. The molecule has 1 saturated heterocycles. The van der Waals surface area contributed by atoms with Crippen molar-refractivity contribution >= 4 is 40.6 Å². The average molecular weight is 610 g/mol. The molecule has 3 amide bonds. The van der Waals surface area contributed by atoms with Gasteiger partial charge < -0.3 is 14.6 Å². The van der Waals surface area contributed by atoms with E-state index < -0.39 is 17.1 Å². The number of aryl methyl sites for hydroxylation is 1. The first-order chi connectivity index (χ1) is 21.2. The first-order valence-electron chi connectivity index (χ1n) is 15.8. The summed E-state index contributed by atoms with van der Waals surface area (Å²) in [6.45, 7) is 6.22. The number of nitrogens with one attached hydrogen (secondary N) is 1. The van der Waals surface area contributed by atoms with E-state index in [-0.39, 0.29) is 6.54 Å². The van der Waals surface area contributed by atoms with Crippen LogP contribution in [0.5, 0.6) is 5.75 Å². The molecule has 0 unspecified atom stereocenters. The van der Waals surface area contributed by atoms with E-state index in [1.807, 2.05) is 13.8 Å². The minimum absolute atomic E-state index is 0.321. The fraction of sp³-hybridized carbons (Fsp3) is 0.417. The number of amides is 3. The van der Waals surface area contributed by atoms with Crippen LogP contribution in [0, 0.1) is 31.6 Å². The quantitative estimate of drug-likeness (QED) is 0.266. The molecule has 2 aromatic carbocycles. The number of thioether (sulfide) groups is 1. The third-order valence-electron chi connectivity index (χ3n) is 10.2. The summed E-state index contributed by atoms with van der Waals surface area (Å²) in [6, 6.07) is 18.2. The highest BCUT2D eigenvalue weighted by Gasteiger charge is 2.51. The van der Waals surface area contributed by atoms with Crippen molar-refractivity contribution in [3.8, 4) is 11.4 Å². The summed E-state index contributed by atoms with van der Waals surface area (Å²) >= 11 is 0.874. The van der Waals surface area contributed by atoms with Crippen molar-refractivity contribution in [3.63, 3.8) is 0 Å². The van der Waals surface area contributed by atoms with E-state index in [0.29, 0.717) is 28.4 Å². The Kier molecular flexibility index (Phi) is 7.43. The summed E-state index contributed by atoms with van der Waals surface area (Å²) in [6.07, 6.45) is 10.2. The van der Waals surface area contributed by atoms with Crippen molar-refractivity contribution < 1.29 is 19.1 Å². The van der Waals surface area contributed by atoms with Crippen molar-refractivity contribution in [1.82, 2.24) is 9.47 Å². The van der Waals surface area contributed by atoms with Gasteiger partial charge in [0.25, 0.3) is 11.1 Å². The van der Waals surface area contributed by atoms with Crippen LogP contribution in [0.1, 0.15) is 68.0 Å². The van der Waals surface area contributed by atoms with Crippen LogP contribution in [0.15, 0.2) is 59.5 Å². The fourth-order valence-electron chi connectivity index (χ4n) is 8.68. The number of benzene rings is 2. The Morgan fingerprint density at radius 3 is 2.23 bits per heavy atom. The summed E-state index contributed by atoms with van der Waals surface area (Å²) in [5.74, 6) is 2.56. The molecule has 0 atom stereocenters. The first-order valence-corrected chi connectivity index (χ1v) is 16.6. The molecule has 44 heavy (non-hydrogen) atoms. The zero-order valence-electron chi connectivity index (χ0n) is 25.6. The first kappa shape index (κ1) is 29.0. The minimum Gasteiger partial charge on any atom is -0.494 e. The van der Waals surface area contributed by atoms with Crippen LogP contribution >= 0.6 is 11.8 Å². The van der Waals surface area contributed by atoms with Crippen LogP contribution in [0.25, 0.3) is 11.8 Å². The number of aromatic nitrogens is 1. The van der Waals surface area contributed by atoms with E-state index in [2.05, 4.69) is 47.1 Å². The van der Waals surface area contributed by atoms with E-state index in [9.17, 15) is 14.4 Å². The summed E-state index contributed by atoms with van der Waals surface area (Å²) in [5.41, 5.74) is 6.50. The number of carbonyl (C=O) groups is 3. The maximum atomic E-state index is 13.2. The molecule has 7 nitrogen and oxygen atoms in total.